The zero-order valence-electron chi connectivity index (χ0n) is 28.5. The lowest BCUT2D eigenvalue weighted by molar-refractivity contribution is -0.123. The molecule has 0 aromatic heterocycles. The van der Waals surface area contributed by atoms with E-state index in [-0.39, 0.29) is 33.0 Å². The van der Waals surface area contributed by atoms with Gasteiger partial charge < -0.3 is 10.1 Å². The zero-order chi connectivity index (χ0) is 36.3. The Balaban J connectivity index is 1.47. The van der Waals surface area contributed by atoms with Crippen LogP contribution < -0.4 is 20.5 Å². The molecule has 1 aliphatic heterocycles. The first-order chi connectivity index (χ1) is 23.7. The van der Waals surface area contributed by atoms with Gasteiger partial charge in [0, 0.05) is 15.5 Å². The van der Waals surface area contributed by atoms with Gasteiger partial charge in [-0.25, -0.2) is 10.0 Å². The number of hydrogen-bond acceptors (Lipinski definition) is 5. The Morgan fingerprint density at radius 1 is 0.960 bits per heavy atom. The van der Waals surface area contributed by atoms with E-state index in [0.29, 0.717) is 44.3 Å². The molecule has 2 amide bonds. The molecule has 7 nitrogen and oxygen atoms in total. The second-order valence-electron chi connectivity index (χ2n) is 12.7. The average molecular weight is 773 g/mol. The molecule has 2 atom stereocenters. The highest BCUT2D eigenvalue weighted by molar-refractivity contribution is 8.01. The fraction of sp³-hybridized carbons (Fsp3) is 0.289. The van der Waals surface area contributed by atoms with Crippen molar-refractivity contribution in [3.63, 3.8) is 0 Å². The number of aryl methyl sites for hydroxylation is 2. The van der Waals surface area contributed by atoms with Crippen molar-refractivity contribution >= 4 is 92.9 Å². The maximum absolute atomic E-state index is 14.2. The van der Waals surface area contributed by atoms with E-state index in [1.54, 1.807) is 12.1 Å². The number of hydrogen-bond donors (Lipinski definition) is 2. The van der Waals surface area contributed by atoms with E-state index < -0.39 is 11.4 Å². The van der Waals surface area contributed by atoms with E-state index in [4.69, 9.17) is 56.1 Å². The zero-order valence-corrected chi connectivity index (χ0v) is 32.4. The van der Waals surface area contributed by atoms with Crippen molar-refractivity contribution in [2.24, 2.45) is 4.99 Å². The normalized spacial score (nSPS) is 16.0. The summed E-state index contributed by atoms with van der Waals surface area (Å²) in [5, 5.41) is 4.53. The van der Waals surface area contributed by atoms with Gasteiger partial charge >= 0.3 is 0 Å². The molecule has 1 aliphatic rings. The Morgan fingerprint density at radius 3 is 2.30 bits per heavy atom. The van der Waals surface area contributed by atoms with Crippen molar-refractivity contribution in [3.8, 4) is 5.75 Å². The lowest BCUT2D eigenvalue weighted by atomic mass is 9.81. The number of anilines is 2. The largest absolute Gasteiger partial charge is 0.480 e. The van der Waals surface area contributed by atoms with Crippen LogP contribution in [0.15, 0.2) is 82.7 Å². The molecule has 1 saturated heterocycles. The average Bonchev–Trinajstić information content (AvgIpc) is 3.35. The molecular formula is C38H38Cl4N4O3S. The summed E-state index contributed by atoms with van der Waals surface area (Å²) in [5.41, 5.74) is 7.32. The number of nitrogens with zero attached hydrogens (tertiary/aromatic N) is 2. The monoisotopic (exact) mass is 770 g/mol. The molecule has 12 heteroatoms. The standard InChI is InChI=1S/C38H38Cl4N4O3S/c1-7-30(49-31-16-14-21(3)17-24(31)38(5,6)8-2)36(47)44-28-11-9-10-12-32(28)50-34-35(43-29-18-22(4)13-15-25(29)40)45-46(37(34)48)33-26(41)19-23(39)20-27(33)42/h9-20,30,34H,7-8H2,1-6H3,(H,43,45)(H,44,47). The van der Waals surface area contributed by atoms with E-state index in [1.807, 2.05) is 63.2 Å². The Hall–Kier alpha value is -3.40. The molecule has 0 aliphatic carbocycles. The van der Waals surface area contributed by atoms with Gasteiger partial charge in [-0.1, -0.05) is 110 Å². The van der Waals surface area contributed by atoms with Crippen molar-refractivity contribution in [3.05, 3.63) is 110 Å². The Bertz CT molecular complexity index is 1950. The third kappa shape index (κ3) is 8.38. The van der Waals surface area contributed by atoms with Gasteiger partial charge in [-0.15, -0.1) is 11.8 Å². The highest BCUT2D eigenvalue weighted by atomic mass is 35.5. The predicted molar refractivity (Wildman–Crippen MR) is 209 cm³/mol. The van der Waals surface area contributed by atoms with Crippen molar-refractivity contribution in [1.82, 2.24) is 5.43 Å². The van der Waals surface area contributed by atoms with Gasteiger partial charge in [-0.05, 0) is 80.1 Å². The molecule has 2 N–H and O–H groups in total. The lowest BCUT2D eigenvalue weighted by Crippen LogP contribution is -2.36. The summed E-state index contributed by atoms with van der Waals surface area (Å²) >= 11 is 27.0. The maximum Gasteiger partial charge on any atom is 0.267 e. The van der Waals surface area contributed by atoms with Gasteiger partial charge in [0.25, 0.3) is 11.8 Å². The molecule has 0 radical (unpaired) electrons. The van der Waals surface area contributed by atoms with E-state index in [9.17, 15) is 9.59 Å². The highest BCUT2D eigenvalue weighted by Gasteiger charge is 2.41. The molecule has 2 unspecified atom stereocenters. The molecule has 0 bridgehead atoms. The summed E-state index contributed by atoms with van der Waals surface area (Å²) in [6, 6.07) is 21.8. The topological polar surface area (TPSA) is 83.0 Å². The molecule has 1 heterocycles. The third-order valence-corrected chi connectivity index (χ3v) is 10.9. The predicted octanol–water partition coefficient (Wildman–Crippen LogP) is 11.1. The van der Waals surface area contributed by atoms with Crippen LogP contribution in [0.1, 0.15) is 57.2 Å². The number of rotatable bonds is 11. The third-order valence-electron chi connectivity index (χ3n) is 8.54. The first-order valence-electron chi connectivity index (χ1n) is 16.2. The number of aliphatic imine (C=N–C) groups is 1. The first-order valence-corrected chi connectivity index (χ1v) is 18.6. The number of halogens is 4. The van der Waals surface area contributed by atoms with Crippen LogP contribution in [0.4, 0.5) is 17.1 Å². The van der Waals surface area contributed by atoms with Gasteiger partial charge in [0.15, 0.2) is 6.10 Å². The molecule has 4 aromatic carbocycles. The fourth-order valence-electron chi connectivity index (χ4n) is 5.36. The minimum absolute atomic E-state index is 0.141. The van der Waals surface area contributed by atoms with E-state index in [1.165, 1.54) is 28.9 Å². The number of carbonyl (C=O) groups is 2. The number of amidine groups is 1. The van der Waals surface area contributed by atoms with Crippen molar-refractivity contribution in [1.29, 1.82) is 0 Å². The molecule has 4 aromatic rings. The quantitative estimate of drug-likeness (QED) is 0.159. The van der Waals surface area contributed by atoms with Crippen molar-refractivity contribution in [2.45, 2.75) is 76.0 Å². The summed E-state index contributed by atoms with van der Waals surface area (Å²) in [5.74, 6) is 0.296. The van der Waals surface area contributed by atoms with Gasteiger partial charge in [0.1, 0.15) is 22.5 Å². The minimum Gasteiger partial charge on any atom is -0.480 e. The summed E-state index contributed by atoms with van der Waals surface area (Å²) < 4.78 is 6.40. The minimum atomic E-state index is -0.892. The highest BCUT2D eigenvalue weighted by Crippen LogP contribution is 2.42. The number of nitrogens with one attached hydrogen (secondary N) is 2. The molecule has 50 heavy (non-hydrogen) atoms. The molecule has 0 saturated carbocycles. The molecule has 262 valence electrons. The van der Waals surface area contributed by atoms with E-state index in [2.05, 4.69) is 37.6 Å². The number of amides is 2. The van der Waals surface area contributed by atoms with E-state index in [0.717, 1.165) is 23.1 Å². The molecule has 0 spiro atoms. The molecule has 5 rings (SSSR count). The summed E-state index contributed by atoms with van der Waals surface area (Å²) in [6.45, 7) is 12.4. The second kappa shape index (κ2) is 15.9. The van der Waals surface area contributed by atoms with Gasteiger partial charge in [0.05, 0.1) is 26.4 Å². The number of benzene rings is 4. The number of hydrazine groups is 1. The second-order valence-corrected chi connectivity index (χ2v) is 15.5. The number of thioether (sulfide) groups is 1. The summed E-state index contributed by atoms with van der Waals surface area (Å²) in [7, 11) is 0. The maximum atomic E-state index is 14.2. The van der Waals surface area contributed by atoms with Crippen molar-refractivity contribution < 1.29 is 14.3 Å². The van der Waals surface area contributed by atoms with Gasteiger partial charge in [0.2, 0.25) is 0 Å². The first kappa shape index (κ1) is 37.8. The Morgan fingerprint density at radius 2 is 1.62 bits per heavy atom. The van der Waals surface area contributed by atoms with Gasteiger partial charge in [-0.3, -0.25) is 15.0 Å². The van der Waals surface area contributed by atoms with Crippen molar-refractivity contribution in [2.75, 3.05) is 10.3 Å². The lowest BCUT2D eigenvalue weighted by Gasteiger charge is -2.28. The summed E-state index contributed by atoms with van der Waals surface area (Å²) in [4.78, 5) is 33.4. The fourth-order valence-corrected chi connectivity index (χ4v) is 7.59. The Labute approximate surface area is 317 Å². The van der Waals surface area contributed by atoms with Crippen LogP contribution in [0.25, 0.3) is 0 Å². The van der Waals surface area contributed by atoms with Crippen LogP contribution in [0.5, 0.6) is 5.75 Å². The van der Waals surface area contributed by atoms with Gasteiger partial charge in [-0.2, -0.15) is 0 Å². The van der Waals surface area contributed by atoms with Crippen LogP contribution in [0, 0.1) is 13.8 Å². The molecule has 1 fully saturated rings. The van der Waals surface area contributed by atoms with Crippen LogP contribution in [-0.4, -0.2) is 29.0 Å². The SMILES string of the molecule is CCC(Oc1ccc(C)cc1C(C)(C)CC)C(=O)Nc1ccccc1SC1C(=O)N(c2c(Cl)cc(Cl)cc2Cl)NC1=Nc1cc(C)ccc1Cl. The van der Waals surface area contributed by atoms with E-state index >= 15 is 0 Å². The number of para-hydroxylation sites is 1. The van der Waals surface area contributed by atoms with Crippen LogP contribution in [0.2, 0.25) is 20.1 Å². The van der Waals surface area contributed by atoms with Crippen LogP contribution in [0.3, 0.4) is 0 Å². The number of carbonyl (C=O) groups excluding carboxylic acids is 2. The summed E-state index contributed by atoms with van der Waals surface area (Å²) in [6.07, 6.45) is 0.587. The smallest absolute Gasteiger partial charge is 0.267 e. The molecular weight excluding hydrogens is 734 g/mol. The van der Waals surface area contributed by atoms with Crippen LogP contribution in [-0.2, 0) is 15.0 Å². The van der Waals surface area contributed by atoms with Crippen LogP contribution >= 0.6 is 58.2 Å². The number of ether oxygens (including phenoxy) is 1. The Kier molecular flexibility index (Phi) is 12.0.